The standard InChI is InChI=1S/C10H19N/c1-4-6-10-8-5-7-9(2)11(10)3/h6,9H,4-5,7-8H2,1-3H3/b10-6+. The van der Waals surface area contributed by atoms with Crippen LogP contribution in [0.15, 0.2) is 11.8 Å². The molecule has 0 bridgehead atoms. The van der Waals surface area contributed by atoms with E-state index in [0.717, 1.165) is 6.04 Å². The quantitative estimate of drug-likeness (QED) is 0.560. The molecule has 1 atom stereocenters. The molecular formula is C10H19N. The molecular weight excluding hydrogens is 134 g/mol. The Labute approximate surface area is 70.1 Å². The lowest BCUT2D eigenvalue weighted by molar-refractivity contribution is 0.255. The average molecular weight is 153 g/mol. The Morgan fingerprint density at radius 2 is 2.36 bits per heavy atom. The van der Waals surface area contributed by atoms with E-state index in [9.17, 15) is 0 Å². The molecule has 0 N–H and O–H groups in total. The van der Waals surface area contributed by atoms with E-state index in [0.29, 0.717) is 0 Å². The van der Waals surface area contributed by atoms with Gasteiger partial charge in [0.2, 0.25) is 0 Å². The summed E-state index contributed by atoms with van der Waals surface area (Å²) >= 11 is 0. The predicted molar refractivity (Wildman–Crippen MR) is 49.5 cm³/mol. The highest BCUT2D eigenvalue weighted by atomic mass is 15.1. The van der Waals surface area contributed by atoms with Crippen molar-refractivity contribution >= 4 is 0 Å². The lowest BCUT2D eigenvalue weighted by Gasteiger charge is -2.34. The Bertz CT molecular complexity index is 149. The zero-order valence-electron chi connectivity index (χ0n) is 7.93. The maximum Gasteiger partial charge on any atom is 0.0255 e. The first kappa shape index (κ1) is 8.63. The summed E-state index contributed by atoms with van der Waals surface area (Å²) < 4.78 is 0. The number of nitrogens with zero attached hydrogens (tertiary/aromatic N) is 1. The van der Waals surface area contributed by atoms with Crippen LogP contribution in [0.25, 0.3) is 0 Å². The molecule has 1 unspecified atom stereocenters. The first-order valence-electron chi connectivity index (χ1n) is 4.67. The van der Waals surface area contributed by atoms with Crippen molar-refractivity contribution in [1.82, 2.24) is 4.90 Å². The number of rotatable bonds is 1. The molecule has 1 rings (SSSR count). The second-order valence-corrected chi connectivity index (χ2v) is 3.46. The number of likely N-dealkylation sites (tertiary alicyclic amines) is 1. The number of hydrogen-bond acceptors (Lipinski definition) is 1. The van der Waals surface area contributed by atoms with Crippen LogP contribution in [-0.4, -0.2) is 18.0 Å². The Morgan fingerprint density at radius 1 is 1.64 bits per heavy atom. The Kier molecular flexibility index (Phi) is 2.98. The van der Waals surface area contributed by atoms with Gasteiger partial charge >= 0.3 is 0 Å². The fraction of sp³-hybridized carbons (Fsp3) is 0.800. The molecule has 1 aliphatic rings. The summed E-state index contributed by atoms with van der Waals surface area (Å²) in [6, 6.07) is 0.751. The van der Waals surface area contributed by atoms with Gasteiger partial charge in [0.25, 0.3) is 0 Å². The Balaban J connectivity index is 2.58. The number of piperidine rings is 1. The summed E-state index contributed by atoms with van der Waals surface area (Å²) in [7, 11) is 2.21. The number of hydrogen-bond donors (Lipinski definition) is 0. The van der Waals surface area contributed by atoms with Crippen molar-refractivity contribution < 1.29 is 0 Å². The van der Waals surface area contributed by atoms with E-state index in [4.69, 9.17) is 0 Å². The predicted octanol–water partition coefficient (Wildman–Crippen LogP) is 2.78. The van der Waals surface area contributed by atoms with Crippen LogP contribution in [-0.2, 0) is 0 Å². The Hall–Kier alpha value is -0.460. The third kappa shape index (κ3) is 1.98. The highest BCUT2D eigenvalue weighted by molar-refractivity contribution is 5.04. The van der Waals surface area contributed by atoms with Crippen LogP contribution >= 0.6 is 0 Å². The molecule has 0 aromatic carbocycles. The Morgan fingerprint density at radius 3 is 3.00 bits per heavy atom. The maximum absolute atomic E-state index is 2.42. The molecule has 1 heteroatoms. The van der Waals surface area contributed by atoms with Crippen LogP contribution in [0.2, 0.25) is 0 Å². The van der Waals surface area contributed by atoms with E-state index < -0.39 is 0 Å². The second kappa shape index (κ2) is 3.80. The van der Waals surface area contributed by atoms with Gasteiger partial charge in [-0.05, 0) is 32.6 Å². The van der Waals surface area contributed by atoms with Crippen molar-refractivity contribution in [1.29, 1.82) is 0 Å². The van der Waals surface area contributed by atoms with Crippen LogP contribution in [0.4, 0.5) is 0 Å². The SMILES string of the molecule is CC/C=C1\CCCC(C)N1C. The highest BCUT2D eigenvalue weighted by Crippen LogP contribution is 2.23. The van der Waals surface area contributed by atoms with Crippen molar-refractivity contribution in [2.45, 2.75) is 45.6 Å². The van der Waals surface area contributed by atoms with Crippen LogP contribution in [0.5, 0.6) is 0 Å². The first-order chi connectivity index (χ1) is 5.25. The summed E-state index contributed by atoms with van der Waals surface area (Å²) in [5.74, 6) is 0. The van der Waals surface area contributed by atoms with E-state index >= 15 is 0 Å². The minimum Gasteiger partial charge on any atom is -0.375 e. The van der Waals surface area contributed by atoms with Crippen molar-refractivity contribution in [3.8, 4) is 0 Å². The summed E-state index contributed by atoms with van der Waals surface area (Å²) in [6.07, 6.45) is 7.55. The van der Waals surface area contributed by atoms with Crippen LogP contribution in [0.3, 0.4) is 0 Å². The number of allylic oxidation sites excluding steroid dienone is 2. The molecule has 0 spiro atoms. The molecule has 0 aromatic heterocycles. The zero-order valence-corrected chi connectivity index (χ0v) is 7.93. The van der Waals surface area contributed by atoms with Crippen LogP contribution in [0.1, 0.15) is 39.5 Å². The summed E-state index contributed by atoms with van der Waals surface area (Å²) in [5, 5.41) is 0. The first-order valence-corrected chi connectivity index (χ1v) is 4.67. The van der Waals surface area contributed by atoms with E-state index in [1.807, 2.05) is 0 Å². The molecule has 1 aliphatic heterocycles. The van der Waals surface area contributed by atoms with Crippen molar-refractivity contribution in [2.24, 2.45) is 0 Å². The molecule has 11 heavy (non-hydrogen) atoms. The topological polar surface area (TPSA) is 3.24 Å². The molecule has 64 valence electrons. The fourth-order valence-corrected chi connectivity index (χ4v) is 1.71. The molecule has 1 saturated heterocycles. The average Bonchev–Trinajstić information content (AvgIpc) is 1.99. The van der Waals surface area contributed by atoms with Gasteiger partial charge in [-0.15, -0.1) is 0 Å². The van der Waals surface area contributed by atoms with Crippen LogP contribution < -0.4 is 0 Å². The second-order valence-electron chi connectivity index (χ2n) is 3.46. The van der Waals surface area contributed by atoms with E-state index in [1.165, 1.54) is 25.7 Å². The highest BCUT2D eigenvalue weighted by Gasteiger charge is 2.16. The molecule has 0 amide bonds. The molecule has 1 fully saturated rings. The smallest absolute Gasteiger partial charge is 0.0255 e. The lowest BCUT2D eigenvalue weighted by Crippen LogP contribution is -2.31. The molecule has 1 heterocycles. The third-order valence-electron chi connectivity index (χ3n) is 2.61. The lowest BCUT2D eigenvalue weighted by atomic mass is 10.0. The summed E-state index contributed by atoms with van der Waals surface area (Å²) in [6.45, 7) is 4.52. The van der Waals surface area contributed by atoms with Gasteiger partial charge in [0.05, 0.1) is 0 Å². The van der Waals surface area contributed by atoms with Gasteiger partial charge < -0.3 is 4.90 Å². The molecule has 0 aromatic rings. The van der Waals surface area contributed by atoms with Gasteiger partial charge in [0, 0.05) is 18.8 Å². The molecule has 0 aliphatic carbocycles. The third-order valence-corrected chi connectivity index (χ3v) is 2.61. The minimum absolute atomic E-state index is 0.751. The van der Waals surface area contributed by atoms with E-state index in [2.05, 4.69) is 31.9 Å². The van der Waals surface area contributed by atoms with Gasteiger partial charge in [0.1, 0.15) is 0 Å². The fourth-order valence-electron chi connectivity index (χ4n) is 1.71. The minimum atomic E-state index is 0.751. The summed E-state index contributed by atoms with van der Waals surface area (Å²) in [4.78, 5) is 2.42. The molecule has 0 saturated carbocycles. The zero-order chi connectivity index (χ0) is 8.27. The van der Waals surface area contributed by atoms with Crippen molar-refractivity contribution in [2.75, 3.05) is 7.05 Å². The maximum atomic E-state index is 2.42. The van der Waals surface area contributed by atoms with Crippen molar-refractivity contribution in [3.63, 3.8) is 0 Å². The van der Waals surface area contributed by atoms with E-state index in [-0.39, 0.29) is 0 Å². The van der Waals surface area contributed by atoms with Gasteiger partial charge in [-0.2, -0.15) is 0 Å². The van der Waals surface area contributed by atoms with Gasteiger partial charge in [-0.3, -0.25) is 0 Å². The van der Waals surface area contributed by atoms with Crippen LogP contribution in [0, 0.1) is 0 Å². The summed E-state index contributed by atoms with van der Waals surface area (Å²) in [5.41, 5.74) is 1.55. The van der Waals surface area contributed by atoms with Crippen molar-refractivity contribution in [3.05, 3.63) is 11.8 Å². The molecule has 0 radical (unpaired) electrons. The normalized spacial score (nSPS) is 29.5. The van der Waals surface area contributed by atoms with E-state index in [1.54, 1.807) is 5.70 Å². The van der Waals surface area contributed by atoms with Gasteiger partial charge in [-0.1, -0.05) is 13.0 Å². The van der Waals surface area contributed by atoms with Gasteiger partial charge in [-0.25, -0.2) is 0 Å². The molecule has 1 nitrogen and oxygen atoms in total. The monoisotopic (exact) mass is 153 g/mol. The van der Waals surface area contributed by atoms with Gasteiger partial charge in [0.15, 0.2) is 0 Å². The largest absolute Gasteiger partial charge is 0.375 e.